The summed E-state index contributed by atoms with van der Waals surface area (Å²) < 4.78 is 0. The number of nitrogens with zero attached hydrogens (tertiary/aromatic N) is 3. The van der Waals surface area contributed by atoms with Crippen molar-refractivity contribution in [2.24, 2.45) is 0 Å². The number of piperazine rings is 1. The summed E-state index contributed by atoms with van der Waals surface area (Å²) in [6.07, 6.45) is 1.85. The highest BCUT2D eigenvalue weighted by molar-refractivity contribution is 7.13. The molecule has 1 aromatic heterocycles. The lowest BCUT2D eigenvalue weighted by molar-refractivity contribution is 0.250. The zero-order valence-electron chi connectivity index (χ0n) is 11.2. The average Bonchev–Trinajstić information content (AvgIpc) is 2.98. The quantitative estimate of drug-likeness (QED) is 0.666. The molecule has 0 amide bonds. The molecule has 0 atom stereocenters. The van der Waals surface area contributed by atoms with Crippen molar-refractivity contribution in [3.8, 4) is 5.75 Å². The van der Waals surface area contributed by atoms with Gasteiger partial charge in [0.05, 0.1) is 5.69 Å². The molecular formula is C14H18N4OS. The van der Waals surface area contributed by atoms with Gasteiger partial charge in [-0.15, -0.1) is 11.3 Å². The number of phenolic OH excluding ortho intramolecular Hbond substituents is 1. The molecule has 3 rings (SSSR count). The van der Waals surface area contributed by atoms with Gasteiger partial charge in [0, 0.05) is 44.3 Å². The summed E-state index contributed by atoms with van der Waals surface area (Å²) in [6, 6.07) is 5.44. The van der Waals surface area contributed by atoms with E-state index in [2.05, 4.69) is 14.8 Å². The predicted octanol–water partition coefficient (Wildman–Crippen LogP) is 1.75. The van der Waals surface area contributed by atoms with E-state index in [0.29, 0.717) is 5.69 Å². The summed E-state index contributed by atoms with van der Waals surface area (Å²) in [7, 11) is 0. The van der Waals surface area contributed by atoms with E-state index in [1.54, 1.807) is 17.4 Å². The Labute approximate surface area is 122 Å². The lowest BCUT2D eigenvalue weighted by Crippen LogP contribution is -2.45. The van der Waals surface area contributed by atoms with Crippen molar-refractivity contribution in [3.05, 3.63) is 35.3 Å². The van der Waals surface area contributed by atoms with Gasteiger partial charge >= 0.3 is 0 Å². The lowest BCUT2D eigenvalue weighted by atomic mass is 10.1. The monoisotopic (exact) mass is 290 g/mol. The van der Waals surface area contributed by atoms with Gasteiger partial charge in [0.15, 0.2) is 5.13 Å². The van der Waals surface area contributed by atoms with Crippen molar-refractivity contribution in [2.45, 2.75) is 6.54 Å². The zero-order chi connectivity index (χ0) is 13.9. The van der Waals surface area contributed by atoms with Gasteiger partial charge in [0.25, 0.3) is 0 Å². The van der Waals surface area contributed by atoms with E-state index in [4.69, 9.17) is 5.73 Å². The van der Waals surface area contributed by atoms with Crippen LogP contribution in [0.3, 0.4) is 0 Å². The summed E-state index contributed by atoms with van der Waals surface area (Å²) in [4.78, 5) is 9.08. The van der Waals surface area contributed by atoms with Gasteiger partial charge in [-0.1, -0.05) is 6.07 Å². The minimum absolute atomic E-state index is 0.155. The van der Waals surface area contributed by atoms with Crippen LogP contribution in [0.15, 0.2) is 29.8 Å². The molecule has 1 saturated heterocycles. The number of phenols is 1. The van der Waals surface area contributed by atoms with Crippen LogP contribution in [0.25, 0.3) is 0 Å². The third-order valence-corrected chi connectivity index (χ3v) is 4.39. The first kappa shape index (κ1) is 13.2. The lowest BCUT2D eigenvalue weighted by Gasteiger charge is -2.34. The highest BCUT2D eigenvalue weighted by atomic mass is 32.1. The van der Waals surface area contributed by atoms with Crippen LogP contribution in [0, 0.1) is 0 Å². The number of anilines is 2. The number of hydrogen-bond donors (Lipinski definition) is 2. The fourth-order valence-corrected chi connectivity index (χ4v) is 3.13. The molecule has 2 heterocycles. The van der Waals surface area contributed by atoms with Crippen LogP contribution in [0.5, 0.6) is 5.75 Å². The number of aromatic hydroxyl groups is 1. The molecular weight excluding hydrogens is 272 g/mol. The Morgan fingerprint density at radius 2 is 2.05 bits per heavy atom. The number of thiazole rings is 1. The van der Waals surface area contributed by atoms with E-state index in [1.165, 1.54) is 0 Å². The van der Waals surface area contributed by atoms with Crippen LogP contribution in [-0.2, 0) is 6.54 Å². The molecule has 106 valence electrons. The molecule has 0 unspecified atom stereocenters. The van der Waals surface area contributed by atoms with Crippen LogP contribution in [0.4, 0.5) is 10.8 Å². The molecule has 0 aliphatic carbocycles. The molecule has 0 spiro atoms. The maximum Gasteiger partial charge on any atom is 0.185 e. The van der Waals surface area contributed by atoms with E-state index in [1.807, 2.05) is 23.7 Å². The van der Waals surface area contributed by atoms with E-state index in [-0.39, 0.29) is 5.75 Å². The fourth-order valence-electron chi connectivity index (χ4n) is 2.43. The second kappa shape index (κ2) is 5.68. The smallest absolute Gasteiger partial charge is 0.185 e. The first-order valence-corrected chi connectivity index (χ1v) is 7.54. The van der Waals surface area contributed by atoms with Crippen LogP contribution in [0.2, 0.25) is 0 Å². The predicted molar refractivity (Wildman–Crippen MR) is 82.1 cm³/mol. The molecule has 2 aromatic rings. The Morgan fingerprint density at radius 3 is 2.70 bits per heavy atom. The summed E-state index contributed by atoms with van der Waals surface area (Å²) in [6.45, 7) is 4.90. The van der Waals surface area contributed by atoms with Crippen molar-refractivity contribution >= 4 is 22.2 Å². The van der Waals surface area contributed by atoms with Crippen molar-refractivity contribution in [3.63, 3.8) is 0 Å². The molecule has 0 radical (unpaired) electrons. The molecule has 0 saturated carbocycles. The summed E-state index contributed by atoms with van der Waals surface area (Å²) >= 11 is 1.69. The number of nitrogen functional groups attached to an aromatic ring is 1. The molecule has 1 aliphatic heterocycles. The van der Waals surface area contributed by atoms with Gasteiger partial charge < -0.3 is 15.7 Å². The Hall–Kier alpha value is -1.79. The van der Waals surface area contributed by atoms with Crippen molar-refractivity contribution < 1.29 is 5.11 Å². The number of benzene rings is 1. The summed E-state index contributed by atoms with van der Waals surface area (Å²) in [5, 5.41) is 12.6. The number of nitrogens with two attached hydrogens (primary N) is 1. The van der Waals surface area contributed by atoms with E-state index in [9.17, 15) is 5.11 Å². The van der Waals surface area contributed by atoms with Crippen molar-refractivity contribution in [1.82, 2.24) is 9.88 Å². The summed E-state index contributed by atoms with van der Waals surface area (Å²) in [5.74, 6) is 0.155. The standard InChI is InChI=1S/C14H18N4OS/c15-12-9-11(1-2-13(12)19)10-17-4-6-18(7-5-17)14-16-3-8-20-14/h1-3,8-9,19H,4-7,10,15H2. The molecule has 5 nitrogen and oxygen atoms in total. The van der Waals surface area contributed by atoms with E-state index < -0.39 is 0 Å². The molecule has 1 aromatic carbocycles. The summed E-state index contributed by atoms with van der Waals surface area (Å²) in [5.41, 5.74) is 7.32. The Morgan fingerprint density at radius 1 is 1.25 bits per heavy atom. The van der Waals surface area contributed by atoms with E-state index in [0.717, 1.165) is 43.4 Å². The maximum absolute atomic E-state index is 9.44. The normalized spacial score (nSPS) is 16.5. The molecule has 0 bridgehead atoms. The van der Waals surface area contributed by atoms with Crippen LogP contribution < -0.4 is 10.6 Å². The topological polar surface area (TPSA) is 65.6 Å². The van der Waals surface area contributed by atoms with Gasteiger partial charge in [-0.2, -0.15) is 0 Å². The number of hydrogen-bond acceptors (Lipinski definition) is 6. The minimum atomic E-state index is 0.155. The van der Waals surface area contributed by atoms with Crippen molar-refractivity contribution in [1.29, 1.82) is 0 Å². The zero-order valence-corrected chi connectivity index (χ0v) is 12.0. The van der Waals surface area contributed by atoms with Gasteiger partial charge in [-0.05, 0) is 17.7 Å². The Bertz CT molecular complexity index is 565. The largest absolute Gasteiger partial charge is 0.506 e. The Kier molecular flexibility index (Phi) is 3.75. The molecule has 1 fully saturated rings. The molecule has 1 aliphatic rings. The van der Waals surface area contributed by atoms with Gasteiger partial charge in [0.2, 0.25) is 0 Å². The van der Waals surface area contributed by atoms with Crippen LogP contribution in [0.1, 0.15) is 5.56 Å². The van der Waals surface area contributed by atoms with Crippen LogP contribution >= 0.6 is 11.3 Å². The molecule has 20 heavy (non-hydrogen) atoms. The molecule has 6 heteroatoms. The second-order valence-electron chi connectivity index (χ2n) is 4.97. The fraction of sp³-hybridized carbons (Fsp3) is 0.357. The van der Waals surface area contributed by atoms with Gasteiger partial charge in [-0.3, -0.25) is 4.90 Å². The van der Waals surface area contributed by atoms with E-state index >= 15 is 0 Å². The number of rotatable bonds is 3. The number of aromatic nitrogens is 1. The third-order valence-electron chi connectivity index (χ3n) is 3.56. The second-order valence-corrected chi connectivity index (χ2v) is 5.84. The van der Waals surface area contributed by atoms with Gasteiger partial charge in [-0.25, -0.2) is 4.98 Å². The first-order chi connectivity index (χ1) is 9.72. The van der Waals surface area contributed by atoms with Gasteiger partial charge in [0.1, 0.15) is 5.75 Å². The first-order valence-electron chi connectivity index (χ1n) is 6.66. The highest BCUT2D eigenvalue weighted by Gasteiger charge is 2.18. The third kappa shape index (κ3) is 2.86. The average molecular weight is 290 g/mol. The van der Waals surface area contributed by atoms with Crippen LogP contribution in [-0.4, -0.2) is 41.2 Å². The molecule has 3 N–H and O–H groups in total. The minimum Gasteiger partial charge on any atom is -0.506 e. The van der Waals surface area contributed by atoms with Crippen molar-refractivity contribution in [2.75, 3.05) is 36.8 Å². The SMILES string of the molecule is Nc1cc(CN2CCN(c3nccs3)CC2)ccc1O. The highest BCUT2D eigenvalue weighted by Crippen LogP contribution is 2.23. The maximum atomic E-state index is 9.44. The Balaban J connectivity index is 1.57.